The van der Waals surface area contributed by atoms with Crippen LogP contribution in [0.1, 0.15) is 5.56 Å². The van der Waals surface area contributed by atoms with Gasteiger partial charge >= 0.3 is 0 Å². The van der Waals surface area contributed by atoms with Crippen molar-refractivity contribution in [2.24, 2.45) is 7.05 Å². The summed E-state index contributed by atoms with van der Waals surface area (Å²) in [5.74, 6) is 0. The number of nitrogens with zero attached hydrogens (tertiary/aromatic N) is 2. The van der Waals surface area contributed by atoms with Gasteiger partial charge in [0.1, 0.15) is 7.05 Å². The Hall–Kier alpha value is -2.48. The van der Waals surface area contributed by atoms with Crippen LogP contribution in [-0.2, 0) is 7.05 Å². The molecule has 0 radical (unpaired) electrons. The van der Waals surface area contributed by atoms with Gasteiger partial charge in [0.2, 0.25) is 5.69 Å². The molecule has 0 bridgehead atoms. The fourth-order valence-corrected chi connectivity index (χ4v) is 2.55. The van der Waals surface area contributed by atoms with Crippen molar-refractivity contribution < 1.29 is 4.57 Å². The first-order valence-electron chi connectivity index (χ1n) is 6.72. The van der Waals surface area contributed by atoms with Crippen molar-refractivity contribution in [2.45, 2.75) is 6.92 Å². The van der Waals surface area contributed by atoms with Crippen LogP contribution in [0.3, 0.4) is 0 Å². The van der Waals surface area contributed by atoms with Crippen molar-refractivity contribution in [1.82, 2.24) is 4.98 Å². The first kappa shape index (κ1) is 12.5. The van der Waals surface area contributed by atoms with Gasteiger partial charge in [-0.25, -0.2) is 4.57 Å². The van der Waals surface area contributed by atoms with Crippen molar-refractivity contribution in [3.63, 3.8) is 0 Å². The van der Waals surface area contributed by atoms with E-state index in [-0.39, 0.29) is 0 Å². The van der Waals surface area contributed by atoms with E-state index in [9.17, 15) is 0 Å². The number of hydrogen-bond donors (Lipinski definition) is 0. The molecule has 2 aromatic heterocycles. The van der Waals surface area contributed by atoms with Gasteiger partial charge in [-0.1, -0.05) is 18.2 Å². The molecule has 0 unspecified atom stereocenters. The topological polar surface area (TPSA) is 16.8 Å². The summed E-state index contributed by atoms with van der Waals surface area (Å²) in [5.41, 5.74) is 6.20. The highest BCUT2D eigenvalue weighted by Gasteiger charge is 2.18. The Morgan fingerprint density at radius 2 is 1.55 bits per heavy atom. The van der Waals surface area contributed by atoms with E-state index in [0.29, 0.717) is 0 Å². The molecule has 2 heterocycles. The second kappa shape index (κ2) is 5.25. The smallest absolute Gasteiger partial charge is 0.220 e. The molecule has 0 aliphatic carbocycles. The molecular formula is C18H17N2+. The molecule has 3 rings (SSSR count). The summed E-state index contributed by atoms with van der Waals surface area (Å²) in [4.78, 5) is 4.11. The Bertz CT molecular complexity index is 733. The molecule has 0 aliphatic rings. The van der Waals surface area contributed by atoms with Gasteiger partial charge in [-0.05, 0) is 42.3 Å². The van der Waals surface area contributed by atoms with Gasteiger partial charge in [-0.3, -0.25) is 4.98 Å². The second-order valence-corrected chi connectivity index (χ2v) is 4.93. The summed E-state index contributed by atoms with van der Waals surface area (Å²) in [6.07, 6.45) is 5.76. The fraction of sp³-hybridized carbons (Fsp3) is 0.111. The van der Waals surface area contributed by atoms with Gasteiger partial charge in [-0.2, -0.15) is 0 Å². The largest absolute Gasteiger partial charge is 0.265 e. The highest BCUT2D eigenvalue weighted by molar-refractivity contribution is 5.79. The molecule has 98 valence electrons. The zero-order chi connectivity index (χ0) is 13.9. The van der Waals surface area contributed by atoms with Crippen LogP contribution in [0.5, 0.6) is 0 Å². The van der Waals surface area contributed by atoms with Gasteiger partial charge in [-0.15, -0.1) is 0 Å². The minimum Gasteiger partial charge on any atom is -0.265 e. The Kier molecular flexibility index (Phi) is 3.30. The van der Waals surface area contributed by atoms with Gasteiger partial charge in [0.15, 0.2) is 6.20 Å². The summed E-state index contributed by atoms with van der Waals surface area (Å²) >= 11 is 0. The van der Waals surface area contributed by atoms with Gasteiger partial charge in [0, 0.05) is 24.0 Å². The zero-order valence-corrected chi connectivity index (χ0v) is 11.7. The third-order valence-electron chi connectivity index (χ3n) is 3.57. The molecule has 0 N–H and O–H groups in total. The van der Waals surface area contributed by atoms with E-state index < -0.39 is 0 Å². The van der Waals surface area contributed by atoms with Crippen molar-refractivity contribution in [3.05, 3.63) is 72.7 Å². The van der Waals surface area contributed by atoms with E-state index >= 15 is 0 Å². The van der Waals surface area contributed by atoms with E-state index in [2.05, 4.69) is 78.3 Å². The summed E-state index contributed by atoms with van der Waals surface area (Å²) in [5, 5.41) is 0. The Morgan fingerprint density at radius 3 is 2.30 bits per heavy atom. The average Bonchev–Trinajstić information content (AvgIpc) is 2.49. The minimum atomic E-state index is 1.19. The maximum Gasteiger partial charge on any atom is 0.220 e. The van der Waals surface area contributed by atoms with Crippen molar-refractivity contribution in [1.29, 1.82) is 0 Å². The number of aryl methyl sites for hydroxylation is 2. The third-order valence-corrected chi connectivity index (χ3v) is 3.57. The second-order valence-electron chi connectivity index (χ2n) is 4.93. The van der Waals surface area contributed by atoms with Gasteiger partial charge in [0.25, 0.3) is 0 Å². The highest BCUT2D eigenvalue weighted by Crippen LogP contribution is 2.30. The first-order chi connectivity index (χ1) is 9.77. The number of pyridine rings is 2. The minimum absolute atomic E-state index is 1.19. The normalized spacial score (nSPS) is 10.5. The number of aromatic nitrogens is 2. The molecule has 0 fully saturated rings. The van der Waals surface area contributed by atoms with E-state index in [1.165, 1.54) is 27.9 Å². The van der Waals surface area contributed by atoms with Crippen molar-refractivity contribution in [2.75, 3.05) is 0 Å². The monoisotopic (exact) mass is 261 g/mol. The SMILES string of the molecule is Cc1ccccc1-c1c(-c2ccncc2)ccc[n+]1C. The maximum absolute atomic E-state index is 4.11. The summed E-state index contributed by atoms with van der Waals surface area (Å²) in [6.45, 7) is 2.15. The molecule has 0 aliphatic heterocycles. The molecule has 1 aromatic carbocycles. The molecule has 0 amide bonds. The molecule has 2 heteroatoms. The summed E-state index contributed by atoms with van der Waals surface area (Å²) < 4.78 is 2.18. The van der Waals surface area contributed by atoms with Crippen LogP contribution in [0.2, 0.25) is 0 Å². The van der Waals surface area contributed by atoms with Crippen LogP contribution >= 0.6 is 0 Å². The Labute approximate surface area is 119 Å². The van der Waals surface area contributed by atoms with Crippen LogP contribution in [0.25, 0.3) is 22.4 Å². The molecule has 20 heavy (non-hydrogen) atoms. The average molecular weight is 261 g/mol. The fourth-order valence-electron chi connectivity index (χ4n) is 2.55. The van der Waals surface area contributed by atoms with E-state index in [0.717, 1.165) is 0 Å². The lowest BCUT2D eigenvalue weighted by atomic mass is 9.97. The lowest BCUT2D eigenvalue weighted by Gasteiger charge is -2.09. The van der Waals surface area contributed by atoms with Crippen LogP contribution in [0.4, 0.5) is 0 Å². The standard InChI is InChI=1S/C18H17N2/c1-14-6-3-4-7-16(14)18-17(8-5-13-20(18)2)15-9-11-19-12-10-15/h3-13H,1-2H3/q+1. The molecule has 0 saturated heterocycles. The van der Waals surface area contributed by atoms with Gasteiger partial charge < -0.3 is 0 Å². The lowest BCUT2D eigenvalue weighted by Crippen LogP contribution is -2.31. The molecular weight excluding hydrogens is 244 g/mol. The van der Waals surface area contributed by atoms with Gasteiger partial charge in [0.05, 0.1) is 5.56 Å². The van der Waals surface area contributed by atoms with Crippen LogP contribution in [0, 0.1) is 6.92 Å². The zero-order valence-electron chi connectivity index (χ0n) is 11.7. The lowest BCUT2D eigenvalue weighted by molar-refractivity contribution is -0.660. The van der Waals surface area contributed by atoms with E-state index in [1.54, 1.807) is 0 Å². The predicted molar refractivity (Wildman–Crippen MR) is 81.0 cm³/mol. The summed E-state index contributed by atoms with van der Waals surface area (Å²) in [6, 6.07) is 16.8. The molecule has 0 atom stereocenters. The Morgan fingerprint density at radius 1 is 0.850 bits per heavy atom. The molecule has 0 spiro atoms. The number of benzene rings is 1. The molecule has 3 aromatic rings. The van der Waals surface area contributed by atoms with Crippen LogP contribution in [-0.4, -0.2) is 4.98 Å². The van der Waals surface area contributed by atoms with Crippen LogP contribution in [0.15, 0.2) is 67.1 Å². The highest BCUT2D eigenvalue weighted by atomic mass is 14.9. The predicted octanol–water partition coefficient (Wildman–Crippen LogP) is 3.55. The van der Waals surface area contributed by atoms with Crippen molar-refractivity contribution >= 4 is 0 Å². The molecule has 0 saturated carbocycles. The van der Waals surface area contributed by atoms with E-state index in [4.69, 9.17) is 0 Å². The first-order valence-corrected chi connectivity index (χ1v) is 6.72. The number of rotatable bonds is 2. The van der Waals surface area contributed by atoms with Crippen LogP contribution < -0.4 is 4.57 Å². The molecule has 2 nitrogen and oxygen atoms in total. The Balaban J connectivity index is 2.29. The quantitative estimate of drug-likeness (QED) is 0.645. The number of hydrogen-bond acceptors (Lipinski definition) is 1. The maximum atomic E-state index is 4.11. The van der Waals surface area contributed by atoms with E-state index in [1.807, 2.05) is 12.4 Å². The van der Waals surface area contributed by atoms with Crippen molar-refractivity contribution in [3.8, 4) is 22.4 Å². The third kappa shape index (κ3) is 2.21. The summed E-state index contributed by atoms with van der Waals surface area (Å²) in [7, 11) is 2.09.